The number of carboxylic acids is 1. The first-order valence-electron chi connectivity index (χ1n) is 4.55. The minimum Gasteiger partial charge on any atom is -0.478 e. The zero-order valence-corrected chi connectivity index (χ0v) is 9.16. The monoisotopic (exact) mass is 221 g/mol. The van der Waals surface area contributed by atoms with E-state index in [4.69, 9.17) is 5.11 Å². The molecule has 15 heavy (non-hydrogen) atoms. The Labute approximate surface area is 92.7 Å². The quantitative estimate of drug-likeness (QED) is 0.764. The van der Waals surface area contributed by atoms with Gasteiger partial charge in [0, 0.05) is 29.9 Å². The van der Waals surface area contributed by atoms with Gasteiger partial charge in [0.2, 0.25) is 0 Å². The Balaban J connectivity index is 2.72. The summed E-state index contributed by atoms with van der Waals surface area (Å²) in [5, 5.41) is 9.94. The molecular weight excluding hydrogens is 210 g/mol. The molecule has 1 heterocycles. The van der Waals surface area contributed by atoms with Gasteiger partial charge in [-0.3, -0.25) is 0 Å². The van der Waals surface area contributed by atoms with Gasteiger partial charge in [-0.1, -0.05) is 6.07 Å². The second kappa shape index (κ2) is 3.62. The first kappa shape index (κ1) is 10.1. The number of carboxylic acid groups (broad SMARTS) is 1. The molecular formula is C11H11NO2S. The predicted octanol–water partition coefficient (Wildman–Crippen LogP) is 2.31. The summed E-state index contributed by atoms with van der Waals surface area (Å²) in [7, 11) is 1.90. The minimum absolute atomic E-state index is 0.314. The van der Waals surface area contributed by atoms with Gasteiger partial charge < -0.3 is 9.67 Å². The summed E-state index contributed by atoms with van der Waals surface area (Å²) in [5.74, 6) is -0.241. The van der Waals surface area contributed by atoms with Crippen molar-refractivity contribution in [2.45, 2.75) is 5.75 Å². The summed E-state index contributed by atoms with van der Waals surface area (Å²) in [4.78, 5) is 10.8. The van der Waals surface area contributed by atoms with E-state index in [0.29, 0.717) is 11.3 Å². The highest BCUT2D eigenvalue weighted by Crippen LogP contribution is 2.23. The standard InChI is InChI=1S/C11H11NO2S/c1-12-5-8(6-15)9-3-2-7(11(13)14)4-10(9)12/h2-5,15H,6H2,1H3,(H,13,14). The van der Waals surface area contributed by atoms with E-state index in [1.807, 2.05) is 23.9 Å². The van der Waals surface area contributed by atoms with Crippen molar-refractivity contribution in [3.05, 3.63) is 35.5 Å². The van der Waals surface area contributed by atoms with Gasteiger partial charge >= 0.3 is 5.97 Å². The summed E-state index contributed by atoms with van der Waals surface area (Å²) in [6, 6.07) is 5.15. The molecule has 0 unspecified atom stereocenters. The molecule has 0 saturated carbocycles. The lowest BCUT2D eigenvalue weighted by Gasteiger charge is -1.98. The summed E-state index contributed by atoms with van der Waals surface area (Å²) in [5.41, 5.74) is 2.36. The summed E-state index contributed by atoms with van der Waals surface area (Å²) in [6.07, 6.45) is 1.98. The first-order chi connectivity index (χ1) is 7.13. The summed E-state index contributed by atoms with van der Waals surface area (Å²) in [6.45, 7) is 0. The van der Waals surface area contributed by atoms with Gasteiger partial charge in [-0.15, -0.1) is 0 Å². The van der Waals surface area contributed by atoms with Crippen LogP contribution in [0.2, 0.25) is 0 Å². The van der Waals surface area contributed by atoms with Crippen LogP contribution in [0.3, 0.4) is 0 Å². The largest absolute Gasteiger partial charge is 0.478 e. The van der Waals surface area contributed by atoms with Gasteiger partial charge in [0.05, 0.1) is 5.56 Å². The zero-order chi connectivity index (χ0) is 11.0. The van der Waals surface area contributed by atoms with Crippen molar-refractivity contribution in [1.29, 1.82) is 0 Å². The first-order valence-corrected chi connectivity index (χ1v) is 5.19. The summed E-state index contributed by atoms with van der Waals surface area (Å²) < 4.78 is 1.92. The molecule has 1 aromatic carbocycles. The second-order valence-corrected chi connectivity index (χ2v) is 3.78. The molecule has 0 fully saturated rings. The third kappa shape index (κ3) is 1.61. The fourth-order valence-corrected chi connectivity index (χ4v) is 1.98. The maximum absolute atomic E-state index is 10.8. The molecule has 0 spiro atoms. The smallest absolute Gasteiger partial charge is 0.335 e. The van der Waals surface area contributed by atoms with Crippen LogP contribution < -0.4 is 0 Å². The molecule has 0 atom stereocenters. The van der Waals surface area contributed by atoms with E-state index >= 15 is 0 Å². The Morgan fingerprint density at radius 1 is 1.53 bits per heavy atom. The second-order valence-electron chi connectivity index (χ2n) is 3.46. The van der Waals surface area contributed by atoms with Crippen molar-refractivity contribution >= 4 is 29.5 Å². The molecule has 0 bridgehead atoms. The molecule has 2 rings (SSSR count). The average molecular weight is 221 g/mol. The van der Waals surface area contributed by atoms with Crippen molar-refractivity contribution in [2.24, 2.45) is 7.05 Å². The molecule has 0 saturated heterocycles. The number of hydrogen-bond donors (Lipinski definition) is 2. The Hall–Kier alpha value is -1.42. The lowest BCUT2D eigenvalue weighted by Crippen LogP contribution is -1.96. The number of aromatic carboxylic acids is 1. The number of nitrogens with zero attached hydrogens (tertiary/aromatic N) is 1. The van der Waals surface area contributed by atoms with Gasteiger partial charge in [0.25, 0.3) is 0 Å². The third-order valence-corrected chi connectivity index (χ3v) is 2.83. The van der Waals surface area contributed by atoms with Crippen molar-refractivity contribution in [1.82, 2.24) is 4.57 Å². The minimum atomic E-state index is -0.898. The van der Waals surface area contributed by atoms with Crippen LogP contribution in [0.5, 0.6) is 0 Å². The Kier molecular flexibility index (Phi) is 2.44. The average Bonchev–Trinajstić information content (AvgIpc) is 2.55. The van der Waals surface area contributed by atoms with Gasteiger partial charge in [-0.05, 0) is 17.7 Å². The van der Waals surface area contributed by atoms with Crippen LogP contribution in [0.25, 0.3) is 10.9 Å². The summed E-state index contributed by atoms with van der Waals surface area (Å²) >= 11 is 4.24. The van der Waals surface area contributed by atoms with Crippen LogP contribution in [-0.4, -0.2) is 15.6 Å². The lowest BCUT2D eigenvalue weighted by atomic mass is 10.1. The van der Waals surface area contributed by atoms with E-state index < -0.39 is 5.97 Å². The predicted molar refractivity (Wildman–Crippen MR) is 62.6 cm³/mol. The fraction of sp³-hybridized carbons (Fsp3) is 0.182. The number of hydrogen-bond acceptors (Lipinski definition) is 2. The lowest BCUT2D eigenvalue weighted by molar-refractivity contribution is 0.0697. The van der Waals surface area contributed by atoms with Crippen LogP contribution in [0, 0.1) is 0 Å². The molecule has 0 aliphatic carbocycles. The fourth-order valence-electron chi connectivity index (χ4n) is 1.73. The molecule has 0 aliphatic heterocycles. The molecule has 1 N–H and O–H groups in total. The SMILES string of the molecule is Cn1cc(CS)c2ccc(C(=O)O)cc21. The molecule has 78 valence electrons. The Morgan fingerprint density at radius 3 is 2.87 bits per heavy atom. The molecule has 2 aromatic rings. The van der Waals surface area contributed by atoms with Crippen LogP contribution in [0.15, 0.2) is 24.4 Å². The van der Waals surface area contributed by atoms with E-state index in [-0.39, 0.29) is 0 Å². The van der Waals surface area contributed by atoms with Crippen LogP contribution in [-0.2, 0) is 12.8 Å². The van der Waals surface area contributed by atoms with Gasteiger partial charge in [0.15, 0.2) is 0 Å². The molecule has 3 nitrogen and oxygen atoms in total. The van der Waals surface area contributed by atoms with E-state index in [1.54, 1.807) is 12.1 Å². The zero-order valence-electron chi connectivity index (χ0n) is 8.27. The van der Waals surface area contributed by atoms with E-state index in [1.165, 1.54) is 0 Å². The molecule has 1 aromatic heterocycles. The van der Waals surface area contributed by atoms with E-state index in [9.17, 15) is 4.79 Å². The molecule has 0 aliphatic rings. The number of benzene rings is 1. The molecule has 4 heteroatoms. The number of fused-ring (bicyclic) bond motifs is 1. The van der Waals surface area contributed by atoms with Gasteiger partial charge in [-0.2, -0.15) is 12.6 Å². The van der Waals surface area contributed by atoms with Gasteiger partial charge in [0.1, 0.15) is 0 Å². The number of aryl methyl sites for hydroxylation is 1. The number of rotatable bonds is 2. The van der Waals surface area contributed by atoms with Crippen LogP contribution in [0.4, 0.5) is 0 Å². The Bertz CT molecular complexity index is 531. The highest BCUT2D eigenvalue weighted by atomic mass is 32.1. The third-order valence-electron chi connectivity index (χ3n) is 2.49. The van der Waals surface area contributed by atoms with Crippen molar-refractivity contribution in [2.75, 3.05) is 0 Å². The highest BCUT2D eigenvalue weighted by molar-refractivity contribution is 7.79. The molecule has 0 amide bonds. The highest BCUT2D eigenvalue weighted by Gasteiger charge is 2.08. The maximum atomic E-state index is 10.8. The maximum Gasteiger partial charge on any atom is 0.335 e. The normalized spacial score (nSPS) is 10.8. The van der Waals surface area contributed by atoms with Crippen LogP contribution >= 0.6 is 12.6 Å². The van der Waals surface area contributed by atoms with Crippen LogP contribution in [0.1, 0.15) is 15.9 Å². The van der Waals surface area contributed by atoms with Crippen molar-refractivity contribution in [3.63, 3.8) is 0 Å². The number of thiol groups is 1. The van der Waals surface area contributed by atoms with E-state index in [2.05, 4.69) is 12.6 Å². The Morgan fingerprint density at radius 2 is 2.27 bits per heavy atom. The van der Waals surface area contributed by atoms with E-state index in [0.717, 1.165) is 16.5 Å². The molecule has 0 radical (unpaired) electrons. The van der Waals surface area contributed by atoms with Crippen molar-refractivity contribution < 1.29 is 9.90 Å². The van der Waals surface area contributed by atoms with Crippen molar-refractivity contribution in [3.8, 4) is 0 Å². The number of aromatic nitrogens is 1. The number of carbonyl (C=O) groups is 1. The van der Waals surface area contributed by atoms with Gasteiger partial charge in [-0.25, -0.2) is 4.79 Å². The topological polar surface area (TPSA) is 42.2 Å².